The third-order valence-electron chi connectivity index (χ3n) is 6.02. The Morgan fingerprint density at radius 3 is 2.23 bits per heavy atom. The van der Waals surface area contributed by atoms with Gasteiger partial charge in [0.2, 0.25) is 5.91 Å². The lowest BCUT2D eigenvalue weighted by Crippen LogP contribution is -2.50. The first-order chi connectivity index (χ1) is 16.7. The van der Waals surface area contributed by atoms with E-state index in [1.165, 1.54) is 0 Å². The molecule has 8 nitrogen and oxygen atoms in total. The van der Waals surface area contributed by atoms with Crippen molar-refractivity contribution in [2.24, 2.45) is 0 Å². The molecular weight excluding hydrogens is 446 g/mol. The summed E-state index contributed by atoms with van der Waals surface area (Å²) in [6, 6.07) is 15.8. The average molecular weight is 484 g/mol. The number of esters is 1. The summed E-state index contributed by atoms with van der Waals surface area (Å²) >= 11 is 0. The molecule has 0 aliphatic carbocycles. The Labute approximate surface area is 207 Å². The zero-order valence-electron chi connectivity index (χ0n) is 21.1. The zero-order valence-corrected chi connectivity index (χ0v) is 21.1. The van der Waals surface area contributed by atoms with E-state index in [-0.39, 0.29) is 31.9 Å². The molecule has 1 aromatic heterocycles. The van der Waals surface area contributed by atoms with Gasteiger partial charge in [-0.15, -0.1) is 0 Å². The fourth-order valence-corrected chi connectivity index (χ4v) is 4.29. The largest absolute Gasteiger partial charge is 0.481 e. The van der Waals surface area contributed by atoms with Crippen LogP contribution in [0.5, 0.6) is 0 Å². The monoisotopic (exact) mass is 483 g/mol. The Balaban J connectivity index is 2.30. The number of carbonyl (C=O) groups excluding carboxylic acids is 2. The molecule has 2 aromatic rings. The summed E-state index contributed by atoms with van der Waals surface area (Å²) in [6.07, 6.45) is 1.71. The lowest BCUT2D eigenvalue weighted by Gasteiger charge is -2.37. The molecule has 0 aliphatic rings. The fourth-order valence-electron chi connectivity index (χ4n) is 4.29. The number of pyridine rings is 1. The Hall–Kier alpha value is -3.26. The first-order valence-electron chi connectivity index (χ1n) is 12.1. The van der Waals surface area contributed by atoms with E-state index in [9.17, 15) is 14.4 Å². The number of carboxylic acid groups (broad SMARTS) is 1. The van der Waals surface area contributed by atoms with Crippen molar-refractivity contribution in [3.05, 3.63) is 66.0 Å². The van der Waals surface area contributed by atoms with Crippen LogP contribution in [0.3, 0.4) is 0 Å². The smallest absolute Gasteiger partial charge is 0.306 e. The summed E-state index contributed by atoms with van der Waals surface area (Å²) in [5, 5.41) is 11.6. The third-order valence-corrected chi connectivity index (χ3v) is 6.02. The minimum Gasteiger partial charge on any atom is -0.481 e. The number of ether oxygens (including phenoxy) is 1. The van der Waals surface area contributed by atoms with E-state index < -0.39 is 17.4 Å². The van der Waals surface area contributed by atoms with E-state index in [0.717, 1.165) is 5.56 Å². The van der Waals surface area contributed by atoms with Crippen molar-refractivity contribution in [2.45, 2.75) is 64.5 Å². The van der Waals surface area contributed by atoms with Crippen LogP contribution in [0.1, 0.15) is 58.2 Å². The number of benzene rings is 1. The second kappa shape index (κ2) is 13.6. The molecule has 1 aromatic carbocycles. The Bertz CT molecular complexity index is 900. The van der Waals surface area contributed by atoms with Gasteiger partial charge in [0, 0.05) is 24.8 Å². The molecule has 1 amide bonds. The molecule has 0 radical (unpaired) electrons. The number of aromatic nitrogens is 1. The number of nitrogens with zero attached hydrogens (tertiary/aromatic N) is 2. The van der Waals surface area contributed by atoms with Crippen LogP contribution in [0.4, 0.5) is 0 Å². The van der Waals surface area contributed by atoms with Crippen molar-refractivity contribution >= 4 is 17.8 Å². The van der Waals surface area contributed by atoms with Crippen molar-refractivity contribution in [1.82, 2.24) is 15.2 Å². The normalized spacial score (nSPS) is 13.0. The van der Waals surface area contributed by atoms with Crippen molar-refractivity contribution in [3.8, 4) is 0 Å². The van der Waals surface area contributed by atoms with Crippen molar-refractivity contribution < 1.29 is 24.2 Å². The summed E-state index contributed by atoms with van der Waals surface area (Å²) in [4.78, 5) is 43.2. The molecular formula is C27H37N3O5. The molecule has 0 fully saturated rings. The maximum atomic E-state index is 13.9. The second-order valence-corrected chi connectivity index (χ2v) is 9.03. The summed E-state index contributed by atoms with van der Waals surface area (Å²) in [5.74, 6) is -1.89. The minimum atomic E-state index is -1.06. The lowest BCUT2D eigenvalue weighted by atomic mass is 9.73. The molecule has 0 aliphatic heterocycles. The molecule has 190 valence electrons. The molecule has 2 rings (SSSR count). The molecule has 1 heterocycles. The van der Waals surface area contributed by atoms with Crippen LogP contribution >= 0.6 is 0 Å². The number of amides is 1. The Kier molecular flexibility index (Phi) is 10.9. The molecule has 0 spiro atoms. The van der Waals surface area contributed by atoms with Gasteiger partial charge in [-0.3, -0.25) is 24.3 Å². The number of rotatable bonds is 14. The van der Waals surface area contributed by atoms with Gasteiger partial charge in [-0.1, -0.05) is 36.4 Å². The summed E-state index contributed by atoms with van der Waals surface area (Å²) in [6.45, 7) is 9.32. The standard InChI is InChI=1S/C27H37N3O5/c1-20(2)30(21(3)4)18-15-27(22-10-6-5-7-11-22,23-12-8-9-16-28-23)26(34)29-17-19-35-25(33)14-13-24(31)32/h5-12,16,20-21H,13-15,17-19H2,1-4H3,(H,29,34)(H,31,32). The van der Waals surface area contributed by atoms with E-state index in [4.69, 9.17) is 9.84 Å². The van der Waals surface area contributed by atoms with E-state index in [0.29, 0.717) is 30.7 Å². The topological polar surface area (TPSA) is 109 Å². The van der Waals surface area contributed by atoms with E-state index in [2.05, 4.69) is 42.9 Å². The lowest BCUT2D eigenvalue weighted by molar-refractivity contribution is -0.147. The zero-order chi connectivity index (χ0) is 25.8. The summed E-state index contributed by atoms with van der Waals surface area (Å²) < 4.78 is 5.09. The molecule has 35 heavy (non-hydrogen) atoms. The second-order valence-electron chi connectivity index (χ2n) is 9.03. The van der Waals surface area contributed by atoms with Gasteiger partial charge in [-0.25, -0.2) is 0 Å². The van der Waals surface area contributed by atoms with Gasteiger partial charge in [0.05, 0.1) is 25.1 Å². The van der Waals surface area contributed by atoms with Crippen molar-refractivity contribution in [1.29, 1.82) is 0 Å². The molecule has 8 heteroatoms. The van der Waals surface area contributed by atoms with Gasteiger partial charge in [-0.2, -0.15) is 0 Å². The molecule has 0 saturated carbocycles. The van der Waals surface area contributed by atoms with E-state index in [1.807, 2.05) is 48.5 Å². The van der Waals surface area contributed by atoms with Gasteiger partial charge >= 0.3 is 11.9 Å². The predicted octanol–water partition coefficient (Wildman–Crippen LogP) is 3.40. The quantitative estimate of drug-likeness (QED) is 0.313. The average Bonchev–Trinajstić information content (AvgIpc) is 2.83. The number of carbonyl (C=O) groups is 3. The van der Waals surface area contributed by atoms with Gasteiger partial charge in [0.1, 0.15) is 12.0 Å². The van der Waals surface area contributed by atoms with Crippen molar-refractivity contribution in [2.75, 3.05) is 19.7 Å². The number of aliphatic carboxylic acids is 1. The molecule has 0 saturated heterocycles. The van der Waals surface area contributed by atoms with Gasteiger partial charge in [0.15, 0.2) is 0 Å². The van der Waals surface area contributed by atoms with Crippen LogP contribution in [-0.4, -0.2) is 64.6 Å². The number of hydrogen-bond acceptors (Lipinski definition) is 6. The summed E-state index contributed by atoms with van der Waals surface area (Å²) in [5.41, 5.74) is 0.439. The first kappa shape index (κ1) is 28.0. The first-order valence-corrected chi connectivity index (χ1v) is 12.1. The molecule has 0 bridgehead atoms. The molecule has 1 unspecified atom stereocenters. The highest BCUT2D eigenvalue weighted by Gasteiger charge is 2.43. The van der Waals surface area contributed by atoms with Crippen LogP contribution in [0.15, 0.2) is 54.7 Å². The predicted molar refractivity (Wildman–Crippen MR) is 134 cm³/mol. The van der Waals surface area contributed by atoms with E-state index >= 15 is 0 Å². The highest BCUT2D eigenvalue weighted by atomic mass is 16.5. The van der Waals surface area contributed by atoms with E-state index in [1.54, 1.807) is 6.20 Å². The maximum Gasteiger partial charge on any atom is 0.306 e. The molecule has 2 N–H and O–H groups in total. The number of nitrogens with one attached hydrogen (secondary N) is 1. The summed E-state index contributed by atoms with van der Waals surface area (Å²) in [7, 11) is 0. The van der Waals surface area contributed by atoms with Gasteiger partial charge < -0.3 is 15.2 Å². The number of carboxylic acids is 1. The highest BCUT2D eigenvalue weighted by Crippen LogP contribution is 2.35. The van der Waals surface area contributed by atoms with Gasteiger partial charge in [-0.05, 0) is 51.8 Å². The van der Waals surface area contributed by atoms with Crippen molar-refractivity contribution in [3.63, 3.8) is 0 Å². The highest BCUT2D eigenvalue weighted by molar-refractivity contribution is 5.91. The van der Waals surface area contributed by atoms with Crippen LogP contribution < -0.4 is 5.32 Å². The van der Waals surface area contributed by atoms with Crippen LogP contribution in [0.2, 0.25) is 0 Å². The van der Waals surface area contributed by atoms with Crippen LogP contribution in [0.25, 0.3) is 0 Å². The number of hydrogen-bond donors (Lipinski definition) is 2. The Morgan fingerprint density at radius 1 is 1.00 bits per heavy atom. The van der Waals surface area contributed by atoms with Crippen LogP contribution in [-0.2, 0) is 24.5 Å². The fraction of sp³-hybridized carbons (Fsp3) is 0.481. The third kappa shape index (κ3) is 7.89. The molecule has 1 atom stereocenters. The minimum absolute atomic E-state index is 0.0403. The Morgan fingerprint density at radius 2 is 1.66 bits per heavy atom. The van der Waals surface area contributed by atoms with Gasteiger partial charge in [0.25, 0.3) is 0 Å². The van der Waals surface area contributed by atoms with Crippen LogP contribution in [0, 0.1) is 0 Å². The SMILES string of the molecule is CC(C)N(CCC(C(=O)NCCOC(=O)CCC(=O)O)(c1ccccc1)c1ccccn1)C(C)C. The maximum absolute atomic E-state index is 13.9.